The SMILES string of the molecule is N#Cc1ccc(NCC(=O)Nc2cccc(C(=O)Nc3cccc(C(F)(F)F)c3)c2)cc1. The highest BCUT2D eigenvalue weighted by atomic mass is 19.4. The second-order valence-electron chi connectivity index (χ2n) is 6.70. The molecule has 3 aromatic carbocycles. The number of anilines is 3. The number of carbonyl (C=O) groups excluding carboxylic acids is 2. The number of benzene rings is 3. The number of hydrogen-bond acceptors (Lipinski definition) is 4. The van der Waals surface area contributed by atoms with Gasteiger partial charge in [0.15, 0.2) is 0 Å². The van der Waals surface area contributed by atoms with Gasteiger partial charge in [0, 0.05) is 22.6 Å². The molecule has 3 aromatic rings. The number of rotatable bonds is 6. The van der Waals surface area contributed by atoms with Crippen molar-refractivity contribution in [1.29, 1.82) is 5.26 Å². The smallest absolute Gasteiger partial charge is 0.376 e. The quantitative estimate of drug-likeness (QED) is 0.511. The molecule has 0 aromatic heterocycles. The standard InChI is InChI=1S/C23H17F3N4O2/c24-23(25,26)17-4-2-6-20(12-17)30-22(32)16-3-1-5-19(11-16)29-21(31)14-28-18-9-7-15(13-27)8-10-18/h1-12,28H,14H2,(H,29,31)(H,30,32). The van der Waals surface area contributed by atoms with E-state index in [0.29, 0.717) is 16.9 Å². The van der Waals surface area contributed by atoms with Gasteiger partial charge < -0.3 is 16.0 Å². The third-order valence-electron chi connectivity index (χ3n) is 4.32. The molecule has 0 radical (unpaired) electrons. The van der Waals surface area contributed by atoms with Crippen LogP contribution < -0.4 is 16.0 Å². The van der Waals surface area contributed by atoms with E-state index in [2.05, 4.69) is 16.0 Å². The maximum atomic E-state index is 12.8. The molecule has 0 unspecified atom stereocenters. The van der Waals surface area contributed by atoms with Crippen LogP contribution in [0, 0.1) is 11.3 Å². The van der Waals surface area contributed by atoms with Gasteiger partial charge in [0.2, 0.25) is 5.91 Å². The predicted octanol–water partition coefficient (Wildman–Crippen LogP) is 4.88. The van der Waals surface area contributed by atoms with Crippen LogP contribution in [0.2, 0.25) is 0 Å². The van der Waals surface area contributed by atoms with E-state index in [-0.39, 0.29) is 23.7 Å². The van der Waals surface area contributed by atoms with Crippen molar-refractivity contribution in [2.24, 2.45) is 0 Å². The largest absolute Gasteiger partial charge is 0.416 e. The molecule has 3 N–H and O–H groups in total. The number of nitrogens with zero attached hydrogens (tertiary/aromatic N) is 1. The zero-order chi connectivity index (χ0) is 23.1. The number of nitriles is 1. The summed E-state index contributed by atoms with van der Waals surface area (Å²) in [5.41, 5.74) is 0.819. The number of alkyl halides is 3. The Balaban J connectivity index is 1.60. The number of carbonyl (C=O) groups is 2. The van der Waals surface area contributed by atoms with E-state index in [4.69, 9.17) is 5.26 Å². The minimum atomic E-state index is -4.52. The van der Waals surface area contributed by atoms with Crippen molar-refractivity contribution in [3.8, 4) is 6.07 Å². The number of hydrogen-bond donors (Lipinski definition) is 3. The molecule has 0 fully saturated rings. The fraction of sp³-hybridized carbons (Fsp3) is 0.0870. The molecule has 0 aliphatic heterocycles. The molecule has 0 heterocycles. The third-order valence-corrected chi connectivity index (χ3v) is 4.32. The lowest BCUT2D eigenvalue weighted by atomic mass is 10.1. The number of nitrogens with one attached hydrogen (secondary N) is 3. The fourth-order valence-electron chi connectivity index (χ4n) is 2.76. The van der Waals surface area contributed by atoms with Crippen LogP contribution in [0.1, 0.15) is 21.5 Å². The Morgan fingerprint density at radius 1 is 0.844 bits per heavy atom. The Kier molecular flexibility index (Phi) is 6.75. The topological polar surface area (TPSA) is 94.0 Å². The summed E-state index contributed by atoms with van der Waals surface area (Å²) < 4.78 is 38.5. The molecule has 2 amide bonds. The lowest BCUT2D eigenvalue weighted by Crippen LogP contribution is -2.22. The molecule has 3 rings (SSSR count). The van der Waals surface area contributed by atoms with Crippen LogP contribution in [0.4, 0.5) is 30.2 Å². The highest BCUT2D eigenvalue weighted by molar-refractivity contribution is 6.05. The number of halogens is 3. The minimum absolute atomic E-state index is 0.00544. The van der Waals surface area contributed by atoms with Crippen molar-refractivity contribution in [2.75, 3.05) is 22.5 Å². The van der Waals surface area contributed by atoms with Crippen molar-refractivity contribution in [3.05, 3.63) is 89.5 Å². The van der Waals surface area contributed by atoms with Gasteiger partial charge in [-0.05, 0) is 60.7 Å². The molecule has 0 atom stereocenters. The van der Waals surface area contributed by atoms with Gasteiger partial charge in [0.1, 0.15) is 0 Å². The summed E-state index contributed by atoms with van der Waals surface area (Å²) in [4.78, 5) is 24.6. The summed E-state index contributed by atoms with van der Waals surface area (Å²) in [7, 11) is 0. The molecule has 9 heteroatoms. The van der Waals surface area contributed by atoms with Crippen LogP contribution in [0.5, 0.6) is 0 Å². The number of amides is 2. The predicted molar refractivity (Wildman–Crippen MR) is 114 cm³/mol. The summed E-state index contributed by atoms with van der Waals surface area (Å²) >= 11 is 0. The van der Waals surface area contributed by atoms with Gasteiger partial charge in [-0.1, -0.05) is 12.1 Å². The molecule has 0 saturated carbocycles. The maximum absolute atomic E-state index is 12.8. The summed E-state index contributed by atoms with van der Waals surface area (Å²) in [5.74, 6) is -0.985. The summed E-state index contributed by atoms with van der Waals surface area (Å²) in [5, 5.41) is 16.8. The Labute approximate surface area is 181 Å². The molecular weight excluding hydrogens is 421 g/mol. The van der Waals surface area contributed by atoms with Crippen LogP contribution >= 0.6 is 0 Å². The molecule has 6 nitrogen and oxygen atoms in total. The highest BCUT2D eigenvalue weighted by Crippen LogP contribution is 2.30. The van der Waals surface area contributed by atoms with E-state index < -0.39 is 17.6 Å². The van der Waals surface area contributed by atoms with Gasteiger partial charge in [-0.3, -0.25) is 9.59 Å². The van der Waals surface area contributed by atoms with E-state index >= 15 is 0 Å². The molecule has 0 spiro atoms. The lowest BCUT2D eigenvalue weighted by molar-refractivity contribution is -0.137. The molecule has 32 heavy (non-hydrogen) atoms. The average molecular weight is 438 g/mol. The summed E-state index contributed by atoms with van der Waals surface area (Å²) in [6.45, 7) is -0.0490. The van der Waals surface area contributed by atoms with E-state index in [0.717, 1.165) is 12.1 Å². The first-order chi connectivity index (χ1) is 15.2. The van der Waals surface area contributed by atoms with Crippen molar-refractivity contribution < 1.29 is 22.8 Å². The van der Waals surface area contributed by atoms with Crippen LogP contribution in [-0.2, 0) is 11.0 Å². The van der Waals surface area contributed by atoms with Gasteiger partial charge in [0.25, 0.3) is 5.91 Å². The minimum Gasteiger partial charge on any atom is -0.376 e. The van der Waals surface area contributed by atoms with Crippen molar-refractivity contribution >= 4 is 28.9 Å². The Morgan fingerprint density at radius 2 is 1.50 bits per heavy atom. The van der Waals surface area contributed by atoms with Crippen molar-refractivity contribution in [3.63, 3.8) is 0 Å². The van der Waals surface area contributed by atoms with Crippen LogP contribution in [0.15, 0.2) is 72.8 Å². The molecule has 0 bridgehead atoms. The third kappa shape index (κ3) is 6.09. The van der Waals surface area contributed by atoms with E-state index in [1.807, 2.05) is 6.07 Å². The van der Waals surface area contributed by atoms with Crippen molar-refractivity contribution in [1.82, 2.24) is 0 Å². The zero-order valence-electron chi connectivity index (χ0n) is 16.5. The van der Waals surface area contributed by atoms with Gasteiger partial charge >= 0.3 is 6.18 Å². The van der Waals surface area contributed by atoms with Crippen LogP contribution in [0.25, 0.3) is 0 Å². The normalized spacial score (nSPS) is 10.7. The first kappa shape index (κ1) is 22.4. The van der Waals surface area contributed by atoms with E-state index in [1.165, 1.54) is 24.3 Å². The summed E-state index contributed by atoms with van der Waals surface area (Å²) in [6, 6.07) is 18.9. The van der Waals surface area contributed by atoms with Crippen LogP contribution in [-0.4, -0.2) is 18.4 Å². The Morgan fingerprint density at radius 3 is 2.16 bits per heavy atom. The fourth-order valence-corrected chi connectivity index (χ4v) is 2.76. The second-order valence-corrected chi connectivity index (χ2v) is 6.70. The van der Waals surface area contributed by atoms with Crippen LogP contribution in [0.3, 0.4) is 0 Å². The van der Waals surface area contributed by atoms with Crippen molar-refractivity contribution in [2.45, 2.75) is 6.18 Å². The molecule has 0 aliphatic carbocycles. The first-order valence-corrected chi connectivity index (χ1v) is 9.37. The Bertz CT molecular complexity index is 1170. The lowest BCUT2D eigenvalue weighted by Gasteiger charge is -2.11. The van der Waals surface area contributed by atoms with Gasteiger partial charge in [0.05, 0.1) is 23.7 Å². The molecule has 0 aliphatic rings. The zero-order valence-corrected chi connectivity index (χ0v) is 16.5. The molecule has 0 saturated heterocycles. The van der Waals surface area contributed by atoms with Gasteiger partial charge in [-0.25, -0.2) is 0 Å². The van der Waals surface area contributed by atoms with E-state index in [9.17, 15) is 22.8 Å². The average Bonchev–Trinajstić information content (AvgIpc) is 2.78. The van der Waals surface area contributed by atoms with Gasteiger partial charge in [-0.15, -0.1) is 0 Å². The first-order valence-electron chi connectivity index (χ1n) is 9.37. The molecule has 162 valence electrons. The van der Waals surface area contributed by atoms with E-state index in [1.54, 1.807) is 36.4 Å². The monoisotopic (exact) mass is 438 g/mol. The maximum Gasteiger partial charge on any atom is 0.416 e. The second kappa shape index (κ2) is 9.66. The Hall–Kier alpha value is -4.32. The summed E-state index contributed by atoms with van der Waals surface area (Å²) in [6.07, 6.45) is -4.52. The molecular formula is C23H17F3N4O2. The van der Waals surface area contributed by atoms with Gasteiger partial charge in [-0.2, -0.15) is 18.4 Å². The highest BCUT2D eigenvalue weighted by Gasteiger charge is 2.30.